The van der Waals surface area contributed by atoms with Crippen molar-refractivity contribution in [3.05, 3.63) is 45.8 Å². The van der Waals surface area contributed by atoms with Gasteiger partial charge in [0.05, 0.1) is 29.1 Å². The molecule has 0 saturated carbocycles. The third kappa shape index (κ3) is 3.35. The number of amides is 1. The van der Waals surface area contributed by atoms with Gasteiger partial charge in [0.2, 0.25) is 0 Å². The highest BCUT2D eigenvalue weighted by Gasteiger charge is 2.28. The number of thiazole rings is 1. The summed E-state index contributed by atoms with van der Waals surface area (Å²) in [5.74, 6) is -0.0737. The first kappa shape index (κ1) is 18.1. The Balaban J connectivity index is 1.71. The highest BCUT2D eigenvalue weighted by atomic mass is 32.1. The summed E-state index contributed by atoms with van der Waals surface area (Å²) >= 11 is 1.72. The van der Waals surface area contributed by atoms with Crippen LogP contribution in [0.3, 0.4) is 0 Å². The molecule has 1 amide bonds. The predicted octanol–water partition coefficient (Wildman–Crippen LogP) is 2.92. The molecule has 142 valence electrons. The third-order valence-electron chi connectivity index (χ3n) is 5.21. The highest BCUT2D eigenvalue weighted by molar-refractivity contribution is 7.09. The zero-order valence-electron chi connectivity index (χ0n) is 15.9. The molecule has 0 aromatic carbocycles. The molecule has 0 unspecified atom stereocenters. The van der Waals surface area contributed by atoms with E-state index in [1.54, 1.807) is 42.7 Å². The second-order valence-electron chi connectivity index (χ2n) is 7.21. The number of likely N-dealkylation sites (tertiary alicyclic amines) is 1. The molecule has 1 aliphatic rings. The molecule has 0 aliphatic carbocycles. The van der Waals surface area contributed by atoms with E-state index in [0.717, 1.165) is 30.9 Å². The first-order chi connectivity index (χ1) is 13.1. The van der Waals surface area contributed by atoms with Crippen LogP contribution in [0.4, 0.5) is 0 Å². The summed E-state index contributed by atoms with van der Waals surface area (Å²) in [6, 6.07) is 2.29. The zero-order chi connectivity index (χ0) is 19.0. The molecule has 7 nitrogen and oxygen atoms in total. The number of fused-ring (bicyclic) bond motifs is 1. The maximum atomic E-state index is 12.4. The second-order valence-corrected chi connectivity index (χ2v) is 8.15. The van der Waals surface area contributed by atoms with Crippen LogP contribution >= 0.6 is 11.3 Å². The van der Waals surface area contributed by atoms with E-state index in [4.69, 9.17) is 0 Å². The summed E-state index contributed by atoms with van der Waals surface area (Å²) in [4.78, 5) is 26.7. The van der Waals surface area contributed by atoms with E-state index in [9.17, 15) is 4.79 Å². The van der Waals surface area contributed by atoms with Crippen LogP contribution < -0.4 is 0 Å². The minimum absolute atomic E-state index is 0.0737. The number of nitrogens with zero attached hydrogens (tertiary/aromatic N) is 6. The van der Waals surface area contributed by atoms with E-state index in [0.29, 0.717) is 11.2 Å². The van der Waals surface area contributed by atoms with Crippen molar-refractivity contribution in [2.45, 2.75) is 38.8 Å². The van der Waals surface area contributed by atoms with E-state index in [1.165, 1.54) is 17.7 Å². The van der Waals surface area contributed by atoms with E-state index in [1.807, 2.05) is 16.1 Å². The predicted molar refractivity (Wildman–Crippen MR) is 105 cm³/mol. The van der Waals surface area contributed by atoms with Crippen molar-refractivity contribution < 1.29 is 4.79 Å². The molecule has 1 saturated heterocycles. The van der Waals surface area contributed by atoms with Gasteiger partial charge in [0.1, 0.15) is 5.56 Å². The lowest BCUT2D eigenvalue weighted by molar-refractivity contribution is 0.0829. The summed E-state index contributed by atoms with van der Waals surface area (Å²) < 4.78 is 1.85. The summed E-state index contributed by atoms with van der Waals surface area (Å²) in [5.41, 5.74) is 5.30. The minimum Gasteiger partial charge on any atom is -0.345 e. The van der Waals surface area contributed by atoms with Crippen LogP contribution in [0.2, 0.25) is 0 Å². The number of piperidine rings is 1. The smallest absolute Gasteiger partial charge is 0.258 e. The third-order valence-corrected chi connectivity index (χ3v) is 6.13. The lowest BCUT2D eigenvalue weighted by Gasteiger charge is -2.35. The summed E-state index contributed by atoms with van der Waals surface area (Å²) in [7, 11) is 3.49. The Kier molecular flexibility index (Phi) is 4.92. The largest absolute Gasteiger partial charge is 0.345 e. The fourth-order valence-corrected chi connectivity index (χ4v) is 4.53. The van der Waals surface area contributed by atoms with Gasteiger partial charge in [0, 0.05) is 31.7 Å². The number of hydrogen-bond acceptors (Lipinski definition) is 6. The quantitative estimate of drug-likeness (QED) is 0.692. The molecule has 4 rings (SSSR count). The summed E-state index contributed by atoms with van der Waals surface area (Å²) in [6.07, 6.45) is 6.90. The Hall–Kier alpha value is -2.32. The molecule has 0 spiro atoms. The van der Waals surface area contributed by atoms with Crippen LogP contribution in [-0.2, 0) is 6.54 Å². The summed E-state index contributed by atoms with van der Waals surface area (Å²) in [6.45, 7) is 4.02. The Morgan fingerprint density at radius 2 is 2.19 bits per heavy atom. The van der Waals surface area contributed by atoms with Crippen molar-refractivity contribution in [2.75, 3.05) is 20.6 Å². The maximum absolute atomic E-state index is 12.4. The van der Waals surface area contributed by atoms with Crippen LogP contribution in [0.25, 0.3) is 5.65 Å². The van der Waals surface area contributed by atoms with Crippen LogP contribution in [0, 0.1) is 6.92 Å². The fraction of sp³-hybridized carbons (Fsp3) is 0.474. The molecule has 0 radical (unpaired) electrons. The normalized spacial score (nSPS) is 18.1. The van der Waals surface area contributed by atoms with Gasteiger partial charge in [0.25, 0.3) is 5.91 Å². The second kappa shape index (κ2) is 7.36. The van der Waals surface area contributed by atoms with Crippen LogP contribution in [0.15, 0.2) is 24.0 Å². The average Bonchev–Trinajstić information content (AvgIpc) is 3.28. The van der Waals surface area contributed by atoms with Crippen LogP contribution in [-0.4, -0.2) is 55.9 Å². The molecule has 8 heteroatoms. The molecular weight excluding hydrogens is 360 g/mol. The molecular formula is C19H24N6OS. The number of hydrogen-bond donors (Lipinski definition) is 0. The van der Waals surface area contributed by atoms with Gasteiger partial charge in [-0.05, 0) is 32.4 Å². The van der Waals surface area contributed by atoms with Gasteiger partial charge in [-0.1, -0.05) is 6.42 Å². The van der Waals surface area contributed by atoms with Crippen LogP contribution in [0.5, 0.6) is 0 Å². The minimum atomic E-state index is -0.0737. The van der Waals surface area contributed by atoms with Gasteiger partial charge in [-0.2, -0.15) is 5.10 Å². The molecule has 3 aromatic rings. The monoisotopic (exact) mass is 384 g/mol. The van der Waals surface area contributed by atoms with E-state index in [-0.39, 0.29) is 11.9 Å². The first-order valence-electron chi connectivity index (χ1n) is 9.23. The Morgan fingerprint density at radius 1 is 1.33 bits per heavy atom. The Bertz CT molecular complexity index is 962. The first-order valence-corrected chi connectivity index (χ1v) is 10.1. The van der Waals surface area contributed by atoms with Gasteiger partial charge < -0.3 is 4.90 Å². The number of aryl methyl sites for hydroxylation is 1. The van der Waals surface area contributed by atoms with Crippen molar-refractivity contribution in [1.29, 1.82) is 0 Å². The van der Waals surface area contributed by atoms with Gasteiger partial charge in [-0.25, -0.2) is 14.5 Å². The molecule has 1 atom stereocenters. The highest BCUT2D eigenvalue weighted by Crippen LogP contribution is 2.33. The van der Waals surface area contributed by atoms with E-state index in [2.05, 4.69) is 26.9 Å². The number of rotatable bonds is 4. The fourth-order valence-electron chi connectivity index (χ4n) is 3.73. The topological polar surface area (TPSA) is 66.6 Å². The SMILES string of the molecule is Cc1ncsc1CN1CCCC[C@@H]1c1ccnc2c(C(=O)N(C)C)cnn12. The molecule has 0 bridgehead atoms. The Morgan fingerprint density at radius 3 is 2.93 bits per heavy atom. The van der Waals surface area contributed by atoms with Gasteiger partial charge >= 0.3 is 0 Å². The molecule has 27 heavy (non-hydrogen) atoms. The maximum Gasteiger partial charge on any atom is 0.258 e. The molecule has 1 aliphatic heterocycles. The molecule has 4 heterocycles. The van der Waals surface area contributed by atoms with Crippen LogP contribution in [0.1, 0.15) is 51.9 Å². The number of carbonyl (C=O) groups excluding carboxylic acids is 1. The van der Waals surface area contributed by atoms with E-state index < -0.39 is 0 Å². The van der Waals surface area contributed by atoms with Crippen molar-refractivity contribution >= 4 is 22.9 Å². The number of aromatic nitrogens is 4. The van der Waals surface area contributed by atoms with Crippen molar-refractivity contribution in [3.8, 4) is 0 Å². The Labute approximate surface area is 162 Å². The standard InChI is InChI=1S/C19H24N6OS/c1-13-17(27-12-21-13)11-24-9-5-4-6-15(24)16-7-8-20-18-14(10-22-25(16)18)19(26)23(2)3/h7-8,10,12,15H,4-6,9,11H2,1-3H3/t15-/m1/s1. The van der Waals surface area contributed by atoms with Gasteiger partial charge in [0.15, 0.2) is 5.65 Å². The zero-order valence-corrected chi connectivity index (χ0v) is 16.7. The van der Waals surface area contributed by atoms with Gasteiger partial charge in [-0.15, -0.1) is 11.3 Å². The van der Waals surface area contributed by atoms with Crippen molar-refractivity contribution in [3.63, 3.8) is 0 Å². The molecule has 1 fully saturated rings. The van der Waals surface area contributed by atoms with E-state index >= 15 is 0 Å². The van der Waals surface area contributed by atoms with Crippen molar-refractivity contribution in [1.82, 2.24) is 29.4 Å². The molecule has 3 aromatic heterocycles. The average molecular weight is 385 g/mol. The van der Waals surface area contributed by atoms with Crippen molar-refractivity contribution in [2.24, 2.45) is 0 Å². The lowest BCUT2D eigenvalue weighted by atomic mass is 9.99. The molecule has 0 N–H and O–H groups in total. The number of carbonyl (C=O) groups is 1. The van der Waals surface area contributed by atoms with Gasteiger partial charge in [-0.3, -0.25) is 9.69 Å². The summed E-state index contributed by atoms with van der Waals surface area (Å²) in [5, 5.41) is 4.52. The lowest BCUT2D eigenvalue weighted by Crippen LogP contribution is -2.34.